The minimum absolute atomic E-state index is 0.171. The first-order chi connectivity index (χ1) is 12.5. The summed E-state index contributed by atoms with van der Waals surface area (Å²) in [7, 11) is 0. The molecule has 0 unspecified atom stereocenters. The number of rotatable bonds is 4. The minimum Gasteiger partial charge on any atom is -0.450 e. The van der Waals surface area contributed by atoms with Crippen molar-refractivity contribution in [3.8, 4) is 0 Å². The van der Waals surface area contributed by atoms with E-state index in [1.54, 1.807) is 32.1 Å². The largest absolute Gasteiger partial charge is 0.450 e. The standard InChI is InChI=1S/C18H14N2O4S2/c1-10(2)20-16(21)14(25-18(20)22)9-11-7-8-15(23-11)26-17-19-12-5-3-4-6-13(12)24-17/h3-10H,1-2H3. The lowest BCUT2D eigenvalue weighted by molar-refractivity contribution is -0.123. The molecule has 1 aliphatic heterocycles. The Morgan fingerprint density at radius 2 is 1.96 bits per heavy atom. The van der Waals surface area contributed by atoms with E-state index >= 15 is 0 Å². The molecule has 8 heteroatoms. The quantitative estimate of drug-likeness (QED) is 0.583. The smallest absolute Gasteiger partial charge is 0.293 e. The molecule has 6 nitrogen and oxygen atoms in total. The Morgan fingerprint density at radius 3 is 2.69 bits per heavy atom. The minimum atomic E-state index is -0.292. The zero-order valence-corrected chi connectivity index (χ0v) is 15.6. The van der Waals surface area contributed by atoms with Crippen LogP contribution in [0.25, 0.3) is 17.2 Å². The van der Waals surface area contributed by atoms with Crippen molar-refractivity contribution in [3.63, 3.8) is 0 Å². The van der Waals surface area contributed by atoms with Crippen molar-refractivity contribution in [2.24, 2.45) is 0 Å². The van der Waals surface area contributed by atoms with E-state index in [2.05, 4.69) is 4.98 Å². The fourth-order valence-corrected chi connectivity index (χ4v) is 4.16. The van der Waals surface area contributed by atoms with Gasteiger partial charge in [0.2, 0.25) is 0 Å². The van der Waals surface area contributed by atoms with Gasteiger partial charge in [0.25, 0.3) is 16.4 Å². The number of imide groups is 1. The summed E-state index contributed by atoms with van der Waals surface area (Å²) in [5, 5.41) is 0.807. The second-order valence-corrected chi connectivity index (χ2v) is 7.80. The SMILES string of the molecule is CC(C)N1C(=O)SC(=Cc2ccc(Sc3nc4ccccc4o3)o2)C1=O. The summed E-state index contributed by atoms with van der Waals surface area (Å²) in [4.78, 5) is 30.2. The predicted molar refractivity (Wildman–Crippen MR) is 99.8 cm³/mol. The van der Waals surface area contributed by atoms with Crippen molar-refractivity contribution in [2.75, 3.05) is 0 Å². The van der Waals surface area contributed by atoms with Crippen LogP contribution in [0.1, 0.15) is 19.6 Å². The van der Waals surface area contributed by atoms with E-state index in [1.807, 2.05) is 24.3 Å². The molecule has 0 radical (unpaired) electrons. The number of hydrogen-bond acceptors (Lipinski definition) is 7. The Morgan fingerprint density at radius 1 is 1.15 bits per heavy atom. The third kappa shape index (κ3) is 3.17. The second-order valence-electron chi connectivity index (χ2n) is 5.85. The van der Waals surface area contributed by atoms with E-state index in [9.17, 15) is 9.59 Å². The van der Waals surface area contributed by atoms with Crippen LogP contribution < -0.4 is 0 Å². The van der Waals surface area contributed by atoms with Gasteiger partial charge in [-0.2, -0.15) is 0 Å². The Hall–Kier alpha value is -2.45. The molecule has 0 saturated carbocycles. The fraction of sp³-hybridized carbons (Fsp3) is 0.167. The van der Waals surface area contributed by atoms with Crippen LogP contribution in [-0.2, 0) is 4.79 Å². The van der Waals surface area contributed by atoms with Gasteiger partial charge in [-0.15, -0.1) is 0 Å². The zero-order chi connectivity index (χ0) is 18.3. The summed E-state index contributed by atoms with van der Waals surface area (Å²) in [6, 6.07) is 10.9. The molecule has 0 atom stereocenters. The summed E-state index contributed by atoms with van der Waals surface area (Å²) >= 11 is 2.18. The summed E-state index contributed by atoms with van der Waals surface area (Å²) in [5.41, 5.74) is 1.49. The van der Waals surface area contributed by atoms with Crippen LogP contribution in [0.2, 0.25) is 0 Å². The molecule has 132 valence electrons. The number of fused-ring (bicyclic) bond motifs is 1. The van der Waals surface area contributed by atoms with Gasteiger partial charge in [0.15, 0.2) is 10.7 Å². The lowest BCUT2D eigenvalue weighted by atomic mass is 10.3. The highest BCUT2D eigenvalue weighted by Gasteiger charge is 2.36. The lowest BCUT2D eigenvalue weighted by Gasteiger charge is -2.16. The molecule has 1 saturated heterocycles. The van der Waals surface area contributed by atoms with E-state index in [-0.39, 0.29) is 17.2 Å². The molecule has 2 aromatic heterocycles. The average molecular weight is 386 g/mol. The van der Waals surface area contributed by atoms with Crippen molar-refractivity contribution < 1.29 is 18.4 Å². The van der Waals surface area contributed by atoms with Crippen molar-refractivity contribution in [1.29, 1.82) is 0 Å². The van der Waals surface area contributed by atoms with Gasteiger partial charge >= 0.3 is 0 Å². The molecule has 26 heavy (non-hydrogen) atoms. The number of carbonyl (C=O) groups is 2. The van der Waals surface area contributed by atoms with Crippen LogP contribution in [0, 0.1) is 0 Å². The number of nitrogens with zero attached hydrogens (tertiary/aromatic N) is 2. The molecule has 3 heterocycles. The van der Waals surface area contributed by atoms with Crippen molar-refractivity contribution in [1.82, 2.24) is 9.88 Å². The third-order valence-electron chi connectivity index (χ3n) is 3.68. The fourth-order valence-electron chi connectivity index (χ4n) is 2.50. The monoisotopic (exact) mass is 386 g/mol. The predicted octanol–water partition coefficient (Wildman–Crippen LogP) is 5.02. The Balaban J connectivity index is 1.53. The molecule has 3 aromatic rings. The molecule has 1 aliphatic rings. The zero-order valence-electron chi connectivity index (χ0n) is 14.0. The summed E-state index contributed by atoms with van der Waals surface area (Å²) in [6.07, 6.45) is 1.59. The van der Waals surface area contributed by atoms with Crippen LogP contribution in [0.5, 0.6) is 0 Å². The first-order valence-electron chi connectivity index (χ1n) is 7.91. The van der Waals surface area contributed by atoms with Crippen molar-refractivity contribution >= 4 is 51.8 Å². The van der Waals surface area contributed by atoms with E-state index in [4.69, 9.17) is 8.83 Å². The number of hydrogen-bond donors (Lipinski definition) is 0. The number of furan rings is 1. The Labute approximate surface area is 157 Å². The van der Waals surface area contributed by atoms with Gasteiger partial charge in [-0.25, -0.2) is 4.98 Å². The van der Waals surface area contributed by atoms with Crippen LogP contribution in [0.3, 0.4) is 0 Å². The van der Waals surface area contributed by atoms with Crippen LogP contribution >= 0.6 is 23.5 Å². The Bertz CT molecular complexity index is 1000. The van der Waals surface area contributed by atoms with E-state index in [0.717, 1.165) is 17.3 Å². The first kappa shape index (κ1) is 17.0. The number of benzene rings is 1. The lowest BCUT2D eigenvalue weighted by Crippen LogP contribution is -2.34. The molecular weight excluding hydrogens is 372 g/mol. The highest BCUT2D eigenvalue weighted by Crippen LogP contribution is 2.35. The maximum absolute atomic E-state index is 12.3. The van der Waals surface area contributed by atoms with Crippen LogP contribution in [0.15, 0.2) is 60.5 Å². The van der Waals surface area contributed by atoms with Crippen LogP contribution in [0.4, 0.5) is 4.79 Å². The molecule has 1 fully saturated rings. The maximum atomic E-state index is 12.3. The molecular formula is C18H14N2O4S2. The van der Waals surface area contributed by atoms with Gasteiger partial charge in [-0.3, -0.25) is 14.5 Å². The number of aromatic nitrogens is 1. The maximum Gasteiger partial charge on any atom is 0.293 e. The van der Waals surface area contributed by atoms with Crippen molar-refractivity contribution in [3.05, 3.63) is 47.1 Å². The summed E-state index contributed by atoms with van der Waals surface area (Å²) < 4.78 is 11.4. The van der Waals surface area contributed by atoms with Gasteiger partial charge in [-0.05, 0) is 49.9 Å². The Kier molecular flexibility index (Phi) is 4.37. The number of para-hydroxylation sites is 2. The topological polar surface area (TPSA) is 76.6 Å². The number of carbonyl (C=O) groups excluding carboxylic acids is 2. The summed E-state index contributed by atoms with van der Waals surface area (Å²) in [6.45, 7) is 3.61. The average Bonchev–Trinajstić information content (AvgIpc) is 3.26. The first-order valence-corrected chi connectivity index (χ1v) is 9.55. The van der Waals surface area contributed by atoms with Gasteiger partial charge in [0.05, 0.1) is 4.91 Å². The normalized spacial score (nSPS) is 16.6. The molecule has 2 amide bonds. The molecule has 0 bridgehead atoms. The molecule has 0 N–H and O–H groups in total. The van der Waals surface area contributed by atoms with Gasteiger partial charge < -0.3 is 8.83 Å². The highest BCUT2D eigenvalue weighted by molar-refractivity contribution is 8.18. The van der Waals surface area contributed by atoms with E-state index < -0.39 is 0 Å². The molecule has 1 aromatic carbocycles. The third-order valence-corrected chi connectivity index (χ3v) is 5.33. The van der Waals surface area contributed by atoms with E-state index in [0.29, 0.717) is 26.6 Å². The number of amides is 2. The molecule has 0 aliphatic carbocycles. The van der Waals surface area contributed by atoms with Crippen LogP contribution in [-0.4, -0.2) is 27.1 Å². The summed E-state index contributed by atoms with van der Waals surface area (Å²) in [5.74, 6) is 0.206. The van der Waals surface area contributed by atoms with Gasteiger partial charge in [-0.1, -0.05) is 12.1 Å². The van der Waals surface area contributed by atoms with Crippen molar-refractivity contribution in [2.45, 2.75) is 30.2 Å². The number of oxazole rings is 1. The highest BCUT2D eigenvalue weighted by atomic mass is 32.2. The second kappa shape index (κ2) is 6.69. The number of thioether (sulfide) groups is 1. The molecule has 4 rings (SSSR count). The van der Waals surface area contributed by atoms with E-state index in [1.165, 1.54) is 16.7 Å². The van der Waals surface area contributed by atoms with Gasteiger partial charge in [0, 0.05) is 23.9 Å². The molecule has 0 spiro atoms. The van der Waals surface area contributed by atoms with Gasteiger partial charge in [0.1, 0.15) is 11.3 Å².